The Hall–Kier alpha value is -3.30. The summed E-state index contributed by atoms with van der Waals surface area (Å²) < 4.78 is 35.6. The summed E-state index contributed by atoms with van der Waals surface area (Å²) in [5.41, 5.74) is 1.81. The first-order valence-electron chi connectivity index (χ1n) is 12.4. The van der Waals surface area contributed by atoms with Gasteiger partial charge in [-0.3, -0.25) is 4.79 Å². The molecule has 0 spiro atoms. The molecule has 0 bridgehead atoms. The number of piperazine rings is 1. The summed E-state index contributed by atoms with van der Waals surface area (Å²) in [7, 11) is 0. The highest BCUT2D eigenvalue weighted by Gasteiger charge is 2.34. The van der Waals surface area contributed by atoms with Crippen molar-refractivity contribution in [3.8, 4) is 17.0 Å². The second-order valence-electron chi connectivity index (χ2n) is 9.35. The number of aromatic nitrogens is 2. The van der Waals surface area contributed by atoms with Gasteiger partial charge in [-0.2, -0.15) is 0 Å². The molecule has 2 aromatic carbocycles. The first kappa shape index (κ1) is 24.4. The molecule has 36 heavy (non-hydrogen) atoms. The number of amides is 1. The highest BCUT2D eigenvalue weighted by molar-refractivity contribution is 5.98. The minimum atomic E-state index is -0.784. The molecule has 2 aliphatic rings. The molecule has 190 valence electrons. The van der Waals surface area contributed by atoms with Crippen LogP contribution in [0.25, 0.3) is 11.3 Å². The number of carbonyl (C=O) groups excluding carboxylic acids is 1. The lowest BCUT2D eigenvalue weighted by atomic mass is 9.92. The zero-order chi connectivity index (χ0) is 25.1. The van der Waals surface area contributed by atoms with E-state index in [-0.39, 0.29) is 18.6 Å². The van der Waals surface area contributed by atoms with Gasteiger partial charge in [0.05, 0.1) is 30.2 Å². The number of para-hydroxylation sites is 1. The van der Waals surface area contributed by atoms with Gasteiger partial charge in [0, 0.05) is 25.2 Å². The molecular formula is C27H30F2N4O3. The number of ether oxygens (including phenoxy) is 1. The lowest BCUT2D eigenvalue weighted by molar-refractivity contribution is 0.0547. The number of nitrogens with one attached hydrogen (secondary N) is 1. The molecule has 1 amide bonds. The van der Waals surface area contributed by atoms with Crippen molar-refractivity contribution in [1.82, 2.24) is 19.8 Å². The Bertz CT molecular complexity index is 1180. The van der Waals surface area contributed by atoms with Gasteiger partial charge in [0.1, 0.15) is 6.61 Å². The summed E-state index contributed by atoms with van der Waals surface area (Å²) in [6.45, 7) is 1.34. The van der Waals surface area contributed by atoms with E-state index in [1.807, 2.05) is 34.9 Å². The number of carbonyl (C=O) groups is 1. The molecule has 3 atom stereocenters. The van der Waals surface area contributed by atoms with Crippen molar-refractivity contribution in [2.24, 2.45) is 0 Å². The number of aliphatic hydroxyl groups is 1. The Morgan fingerprint density at radius 1 is 1.08 bits per heavy atom. The molecule has 2 N–H and O–H groups in total. The van der Waals surface area contributed by atoms with Gasteiger partial charge in [-0.15, -0.1) is 0 Å². The molecule has 0 unspecified atom stereocenters. The van der Waals surface area contributed by atoms with Gasteiger partial charge < -0.3 is 24.6 Å². The molecule has 0 radical (unpaired) electrons. The van der Waals surface area contributed by atoms with Gasteiger partial charge in [-0.05, 0) is 25.0 Å². The van der Waals surface area contributed by atoms with Crippen LogP contribution < -0.4 is 10.1 Å². The maximum Gasteiger partial charge on any atom is 0.275 e. The van der Waals surface area contributed by atoms with Crippen LogP contribution in [-0.2, 0) is 0 Å². The number of nitrogens with zero attached hydrogens (tertiary/aromatic N) is 3. The largest absolute Gasteiger partial charge is 0.485 e. The monoisotopic (exact) mass is 496 g/mol. The molecule has 1 aromatic heterocycles. The first-order chi connectivity index (χ1) is 17.5. The predicted molar refractivity (Wildman–Crippen MR) is 131 cm³/mol. The number of rotatable bonds is 6. The summed E-state index contributed by atoms with van der Waals surface area (Å²) in [6, 6.07) is 12.5. The van der Waals surface area contributed by atoms with Crippen LogP contribution >= 0.6 is 0 Å². The van der Waals surface area contributed by atoms with E-state index in [9.17, 15) is 18.7 Å². The van der Waals surface area contributed by atoms with Crippen molar-refractivity contribution in [3.05, 3.63) is 72.2 Å². The highest BCUT2D eigenvalue weighted by Crippen LogP contribution is 2.35. The lowest BCUT2D eigenvalue weighted by Gasteiger charge is -2.36. The standard InChI is InChI=1S/C27H30F2N4O3/c28-20-9-6-10-21(29)26(20)36-16-19-15-30-13-14-32(19)27(35)24-25(18-7-2-1-3-8-18)33(17-31-24)22-11-4-5-12-23(22)34/h1-3,6-10,17,19,22-23,30,34H,4-5,11-16H2/t19-,22-,23+/m0/s1. The van der Waals surface area contributed by atoms with E-state index in [0.29, 0.717) is 37.4 Å². The van der Waals surface area contributed by atoms with Crippen molar-refractivity contribution < 1.29 is 23.4 Å². The molecule has 3 aromatic rings. The van der Waals surface area contributed by atoms with Crippen molar-refractivity contribution in [2.45, 2.75) is 43.9 Å². The highest BCUT2D eigenvalue weighted by atomic mass is 19.1. The molecule has 7 nitrogen and oxygen atoms in total. The predicted octanol–water partition coefficient (Wildman–Crippen LogP) is 3.80. The third-order valence-electron chi connectivity index (χ3n) is 7.04. The molecule has 9 heteroatoms. The van der Waals surface area contributed by atoms with Crippen molar-refractivity contribution >= 4 is 5.91 Å². The van der Waals surface area contributed by atoms with Crippen LogP contribution in [0.15, 0.2) is 54.9 Å². The third kappa shape index (κ3) is 4.85. The fraction of sp³-hybridized carbons (Fsp3) is 0.407. The van der Waals surface area contributed by atoms with E-state index in [4.69, 9.17) is 4.74 Å². The smallest absolute Gasteiger partial charge is 0.275 e. The van der Waals surface area contributed by atoms with Crippen LogP contribution in [0, 0.1) is 11.6 Å². The maximum absolute atomic E-state index is 14.1. The van der Waals surface area contributed by atoms with Crippen LogP contribution in [-0.4, -0.2) is 63.9 Å². The van der Waals surface area contributed by atoms with E-state index in [0.717, 1.165) is 37.0 Å². The Labute approximate surface area is 208 Å². The van der Waals surface area contributed by atoms with Crippen LogP contribution in [0.2, 0.25) is 0 Å². The van der Waals surface area contributed by atoms with E-state index >= 15 is 0 Å². The zero-order valence-corrected chi connectivity index (χ0v) is 19.9. The van der Waals surface area contributed by atoms with E-state index in [1.165, 1.54) is 6.07 Å². The molecule has 1 aliphatic carbocycles. The van der Waals surface area contributed by atoms with Crippen LogP contribution in [0.4, 0.5) is 8.78 Å². The van der Waals surface area contributed by atoms with E-state index < -0.39 is 29.5 Å². The minimum Gasteiger partial charge on any atom is -0.485 e. The number of benzene rings is 2. The van der Waals surface area contributed by atoms with Gasteiger partial charge in [-0.1, -0.05) is 49.2 Å². The molecule has 2 heterocycles. The minimum absolute atomic E-state index is 0.0701. The number of hydrogen-bond acceptors (Lipinski definition) is 5. The molecule has 1 saturated heterocycles. The van der Waals surface area contributed by atoms with Gasteiger partial charge in [0.2, 0.25) is 0 Å². The summed E-state index contributed by atoms with van der Waals surface area (Å²) in [6.07, 6.45) is 4.64. The second-order valence-corrected chi connectivity index (χ2v) is 9.35. The van der Waals surface area contributed by atoms with Gasteiger partial charge >= 0.3 is 0 Å². The topological polar surface area (TPSA) is 79.6 Å². The first-order valence-corrected chi connectivity index (χ1v) is 12.4. The van der Waals surface area contributed by atoms with Crippen LogP contribution in [0.1, 0.15) is 42.2 Å². The molecule has 1 aliphatic heterocycles. The number of hydrogen-bond donors (Lipinski definition) is 2. The third-order valence-corrected chi connectivity index (χ3v) is 7.04. The maximum atomic E-state index is 14.1. The average molecular weight is 497 g/mol. The molecule has 2 fully saturated rings. The Morgan fingerprint density at radius 2 is 1.83 bits per heavy atom. The van der Waals surface area contributed by atoms with Crippen LogP contribution in [0.3, 0.4) is 0 Å². The van der Waals surface area contributed by atoms with Crippen molar-refractivity contribution in [2.75, 3.05) is 26.2 Å². The molecule has 1 saturated carbocycles. The number of halogens is 2. The summed E-state index contributed by atoms with van der Waals surface area (Å²) in [5.74, 6) is -2.29. The Morgan fingerprint density at radius 3 is 2.58 bits per heavy atom. The fourth-order valence-electron chi connectivity index (χ4n) is 5.18. The quantitative estimate of drug-likeness (QED) is 0.543. The molecular weight excluding hydrogens is 466 g/mol. The Balaban J connectivity index is 1.45. The normalized spacial score (nSPS) is 22.4. The van der Waals surface area contributed by atoms with Crippen molar-refractivity contribution in [1.29, 1.82) is 0 Å². The Kier molecular flexibility index (Phi) is 7.29. The van der Waals surface area contributed by atoms with Gasteiger partial charge in [0.15, 0.2) is 23.1 Å². The average Bonchev–Trinajstić information content (AvgIpc) is 3.34. The van der Waals surface area contributed by atoms with E-state index in [1.54, 1.807) is 11.2 Å². The van der Waals surface area contributed by atoms with Gasteiger partial charge in [-0.25, -0.2) is 13.8 Å². The fourth-order valence-corrected chi connectivity index (χ4v) is 5.18. The summed E-state index contributed by atoms with van der Waals surface area (Å²) >= 11 is 0. The number of aliphatic hydroxyl groups excluding tert-OH is 1. The number of imidazole rings is 1. The molecule has 5 rings (SSSR count). The van der Waals surface area contributed by atoms with Gasteiger partial charge in [0.25, 0.3) is 5.91 Å². The van der Waals surface area contributed by atoms with Crippen LogP contribution in [0.5, 0.6) is 5.75 Å². The zero-order valence-electron chi connectivity index (χ0n) is 19.9. The van der Waals surface area contributed by atoms with E-state index in [2.05, 4.69) is 10.3 Å². The van der Waals surface area contributed by atoms with Crippen molar-refractivity contribution in [3.63, 3.8) is 0 Å². The lowest BCUT2D eigenvalue weighted by Crippen LogP contribution is -2.56. The summed E-state index contributed by atoms with van der Waals surface area (Å²) in [5, 5.41) is 14.0. The second kappa shape index (κ2) is 10.8. The summed E-state index contributed by atoms with van der Waals surface area (Å²) in [4.78, 5) is 20.1. The SMILES string of the molecule is O=C(c1ncn([C@H]2CCCC[C@H]2O)c1-c1ccccc1)N1CCNC[C@H]1COc1c(F)cccc1F.